The van der Waals surface area contributed by atoms with Crippen LogP contribution in [0.2, 0.25) is 0 Å². The second-order valence-electron chi connectivity index (χ2n) is 6.03. The largest absolute Gasteiger partial charge is 0.481 e. The second-order valence-corrected chi connectivity index (χ2v) is 6.03. The summed E-state index contributed by atoms with van der Waals surface area (Å²) in [5, 5.41) is 9.05. The Labute approximate surface area is 128 Å². The van der Waals surface area contributed by atoms with Crippen molar-refractivity contribution in [2.24, 2.45) is 0 Å². The molecular formula is C16H30N2O3. The Hall–Kier alpha value is -1.26. The number of unbranched alkanes of at least 4 members (excludes halogenated alkanes) is 1. The van der Waals surface area contributed by atoms with Crippen molar-refractivity contribution in [1.29, 1.82) is 0 Å². The maximum atomic E-state index is 12.9. The molecule has 0 aromatic heterocycles. The molecule has 0 saturated carbocycles. The molecule has 1 fully saturated rings. The van der Waals surface area contributed by atoms with E-state index in [9.17, 15) is 9.59 Å². The SMILES string of the molecule is CCCCN(C(=O)N1CCCCC1CC(=O)O)C(C)CC. The van der Waals surface area contributed by atoms with Gasteiger partial charge in [0.05, 0.1) is 6.42 Å². The van der Waals surface area contributed by atoms with Gasteiger partial charge < -0.3 is 14.9 Å². The Morgan fingerprint density at radius 3 is 2.62 bits per heavy atom. The highest BCUT2D eigenvalue weighted by Gasteiger charge is 2.32. The van der Waals surface area contributed by atoms with Crippen LogP contribution in [0.1, 0.15) is 65.7 Å². The van der Waals surface area contributed by atoms with Crippen LogP contribution in [-0.2, 0) is 4.79 Å². The van der Waals surface area contributed by atoms with Crippen molar-refractivity contribution in [3.63, 3.8) is 0 Å². The molecule has 1 aliphatic heterocycles. The van der Waals surface area contributed by atoms with Gasteiger partial charge in [0.15, 0.2) is 0 Å². The summed E-state index contributed by atoms with van der Waals surface area (Å²) in [5.41, 5.74) is 0. The molecule has 1 rings (SSSR count). The van der Waals surface area contributed by atoms with E-state index in [1.165, 1.54) is 0 Å². The van der Waals surface area contributed by atoms with Gasteiger partial charge in [-0.3, -0.25) is 4.79 Å². The van der Waals surface area contributed by atoms with Crippen molar-refractivity contribution in [2.45, 2.75) is 77.8 Å². The van der Waals surface area contributed by atoms with Crippen LogP contribution in [0.15, 0.2) is 0 Å². The van der Waals surface area contributed by atoms with E-state index in [1.807, 2.05) is 4.90 Å². The molecule has 1 heterocycles. The lowest BCUT2D eigenvalue weighted by Gasteiger charge is -2.40. The van der Waals surface area contributed by atoms with Crippen LogP contribution in [0.3, 0.4) is 0 Å². The number of carboxylic acids is 1. The third kappa shape index (κ3) is 5.21. The standard InChI is InChI=1S/C16H30N2O3/c1-4-6-10-17(13(3)5-2)16(21)18-11-8-7-9-14(18)12-15(19)20/h13-14H,4-12H2,1-3H3,(H,19,20). The van der Waals surface area contributed by atoms with E-state index in [0.29, 0.717) is 6.54 Å². The zero-order valence-corrected chi connectivity index (χ0v) is 13.7. The Morgan fingerprint density at radius 1 is 1.33 bits per heavy atom. The summed E-state index contributed by atoms with van der Waals surface area (Å²) < 4.78 is 0. The van der Waals surface area contributed by atoms with Crippen LogP contribution in [0.25, 0.3) is 0 Å². The summed E-state index contributed by atoms with van der Waals surface area (Å²) >= 11 is 0. The molecule has 0 spiro atoms. The first kappa shape index (κ1) is 17.8. The molecule has 1 aliphatic rings. The lowest BCUT2D eigenvalue weighted by molar-refractivity contribution is -0.138. The molecule has 0 bridgehead atoms. The zero-order valence-electron chi connectivity index (χ0n) is 13.7. The summed E-state index contributed by atoms with van der Waals surface area (Å²) in [6.07, 6.45) is 5.83. The molecule has 5 heteroatoms. The number of piperidine rings is 1. The molecular weight excluding hydrogens is 268 g/mol. The summed E-state index contributed by atoms with van der Waals surface area (Å²) in [4.78, 5) is 27.6. The number of urea groups is 1. The molecule has 1 N–H and O–H groups in total. The fourth-order valence-corrected chi connectivity index (χ4v) is 2.88. The lowest BCUT2D eigenvalue weighted by Crippen LogP contribution is -2.53. The molecule has 2 unspecified atom stereocenters. The minimum atomic E-state index is -0.816. The van der Waals surface area contributed by atoms with Crippen LogP contribution in [0.5, 0.6) is 0 Å². The Morgan fingerprint density at radius 2 is 2.05 bits per heavy atom. The molecule has 5 nitrogen and oxygen atoms in total. The smallest absolute Gasteiger partial charge is 0.320 e. The summed E-state index contributed by atoms with van der Waals surface area (Å²) in [7, 11) is 0. The van der Waals surface area contributed by atoms with Crippen molar-refractivity contribution in [1.82, 2.24) is 9.80 Å². The van der Waals surface area contributed by atoms with Crippen LogP contribution < -0.4 is 0 Å². The Balaban J connectivity index is 2.80. The number of carboxylic acid groups (broad SMARTS) is 1. The molecule has 0 aliphatic carbocycles. The van der Waals surface area contributed by atoms with Gasteiger partial charge in [0.25, 0.3) is 0 Å². The van der Waals surface area contributed by atoms with Gasteiger partial charge in [0, 0.05) is 25.2 Å². The van der Waals surface area contributed by atoms with Crippen LogP contribution in [-0.4, -0.2) is 52.1 Å². The molecule has 2 amide bonds. The van der Waals surface area contributed by atoms with E-state index in [0.717, 1.165) is 45.1 Å². The molecule has 122 valence electrons. The molecule has 1 saturated heterocycles. The number of likely N-dealkylation sites (tertiary alicyclic amines) is 1. The number of carbonyl (C=O) groups is 2. The highest BCUT2D eigenvalue weighted by molar-refractivity contribution is 5.76. The molecule has 0 aromatic rings. The summed E-state index contributed by atoms with van der Waals surface area (Å²) in [6, 6.07) is 0.0946. The number of carbonyl (C=O) groups excluding carboxylic acids is 1. The number of nitrogens with zero attached hydrogens (tertiary/aromatic N) is 2. The van der Waals surface area contributed by atoms with Crippen molar-refractivity contribution < 1.29 is 14.7 Å². The topological polar surface area (TPSA) is 60.9 Å². The van der Waals surface area contributed by atoms with E-state index in [-0.39, 0.29) is 24.5 Å². The second kappa shape index (κ2) is 8.90. The monoisotopic (exact) mass is 298 g/mol. The van der Waals surface area contributed by atoms with Gasteiger partial charge in [-0.1, -0.05) is 20.3 Å². The molecule has 21 heavy (non-hydrogen) atoms. The maximum absolute atomic E-state index is 12.9. The maximum Gasteiger partial charge on any atom is 0.320 e. The summed E-state index contributed by atoms with van der Waals surface area (Å²) in [5.74, 6) is -0.816. The van der Waals surface area contributed by atoms with E-state index in [1.54, 1.807) is 4.90 Å². The lowest BCUT2D eigenvalue weighted by atomic mass is 9.99. The fourth-order valence-electron chi connectivity index (χ4n) is 2.88. The number of rotatable bonds is 7. The molecule has 0 aromatic carbocycles. The summed E-state index contributed by atoms with van der Waals surface area (Å²) in [6.45, 7) is 7.73. The van der Waals surface area contributed by atoms with Crippen LogP contribution in [0, 0.1) is 0 Å². The van der Waals surface area contributed by atoms with Crippen LogP contribution in [0.4, 0.5) is 4.79 Å². The van der Waals surface area contributed by atoms with E-state index < -0.39 is 5.97 Å². The number of hydrogen-bond donors (Lipinski definition) is 1. The first-order valence-corrected chi connectivity index (χ1v) is 8.30. The zero-order chi connectivity index (χ0) is 15.8. The molecule has 2 atom stereocenters. The average molecular weight is 298 g/mol. The highest BCUT2D eigenvalue weighted by Crippen LogP contribution is 2.22. The number of hydrogen-bond acceptors (Lipinski definition) is 2. The third-order valence-corrected chi connectivity index (χ3v) is 4.40. The fraction of sp³-hybridized carbons (Fsp3) is 0.875. The third-order valence-electron chi connectivity index (χ3n) is 4.40. The van der Waals surface area contributed by atoms with Gasteiger partial charge in [-0.25, -0.2) is 4.79 Å². The number of amides is 2. The highest BCUT2D eigenvalue weighted by atomic mass is 16.4. The Kier molecular flexibility index (Phi) is 7.54. The van der Waals surface area contributed by atoms with Gasteiger partial charge in [0.2, 0.25) is 0 Å². The van der Waals surface area contributed by atoms with Crippen molar-refractivity contribution in [3.8, 4) is 0 Å². The quantitative estimate of drug-likeness (QED) is 0.784. The van der Waals surface area contributed by atoms with E-state index in [4.69, 9.17) is 5.11 Å². The van der Waals surface area contributed by atoms with Gasteiger partial charge >= 0.3 is 12.0 Å². The minimum Gasteiger partial charge on any atom is -0.481 e. The van der Waals surface area contributed by atoms with Crippen molar-refractivity contribution in [2.75, 3.05) is 13.1 Å². The predicted molar refractivity (Wildman–Crippen MR) is 83.4 cm³/mol. The first-order chi connectivity index (χ1) is 10.0. The van der Waals surface area contributed by atoms with E-state index in [2.05, 4.69) is 20.8 Å². The predicted octanol–water partition coefficient (Wildman–Crippen LogP) is 3.34. The van der Waals surface area contributed by atoms with Crippen molar-refractivity contribution in [3.05, 3.63) is 0 Å². The van der Waals surface area contributed by atoms with E-state index >= 15 is 0 Å². The molecule has 0 radical (unpaired) electrons. The van der Waals surface area contributed by atoms with Gasteiger partial charge in [-0.05, 0) is 39.0 Å². The van der Waals surface area contributed by atoms with Gasteiger partial charge in [-0.15, -0.1) is 0 Å². The normalized spacial score (nSPS) is 20.1. The average Bonchev–Trinajstić information content (AvgIpc) is 2.47. The van der Waals surface area contributed by atoms with Gasteiger partial charge in [-0.2, -0.15) is 0 Å². The minimum absolute atomic E-state index is 0.0313. The van der Waals surface area contributed by atoms with Crippen molar-refractivity contribution >= 4 is 12.0 Å². The Bertz CT molecular complexity index is 346. The van der Waals surface area contributed by atoms with Gasteiger partial charge in [0.1, 0.15) is 0 Å². The first-order valence-electron chi connectivity index (χ1n) is 8.30. The number of aliphatic carboxylic acids is 1. The van der Waals surface area contributed by atoms with Crippen LogP contribution >= 0.6 is 0 Å².